The number of rotatable bonds is 6. The van der Waals surface area contributed by atoms with Gasteiger partial charge < -0.3 is 24.3 Å². The second kappa shape index (κ2) is 11.1. The first-order valence-corrected chi connectivity index (χ1v) is 14.7. The van der Waals surface area contributed by atoms with E-state index in [2.05, 4.69) is 34.2 Å². The SMILES string of the molecule is Cc1c(NC(=O)c2nc3c(n2C)CCN(C)C3)cccc1-c1cccc(CC(=O)c2nc3c(n2C)CCN(C)C3)c1Cl. The van der Waals surface area contributed by atoms with Gasteiger partial charge in [0.25, 0.3) is 5.91 Å². The van der Waals surface area contributed by atoms with Gasteiger partial charge in [0, 0.05) is 82.2 Å². The quantitative estimate of drug-likeness (QED) is 0.337. The van der Waals surface area contributed by atoms with Crippen molar-refractivity contribution in [2.45, 2.75) is 39.3 Å². The van der Waals surface area contributed by atoms with Crippen LogP contribution in [0, 0.1) is 6.92 Å². The Bertz CT molecular complexity index is 1590. The van der Waals surface area contributed by atoms with Crippen LogP contribution in [0.3, 0.4) is 0 Å². The first kappa shape index (κ1) is 28.3. The molecule has 0 unspecified atom stereocenters. The zero-order valence-electron chi connectivity index (χ0n) is 24.8. The number of imidazole rings is 2. The number of likely N-dealkylation sites (N-methyl/N-ethyl adjacent to an activating group) is 2. The third kappa shape index (κ3) is 5.06. The molecule has 2 aromatic heterocycles. The number of amides is 1. The number of hydrogen-bond acceptors (Lipinski definition) is 6. The number of halogens is 1. The lowest BCUT2D eigenvalue weighted by Gasteiger charge is -2.21. The molecule has 42 heavy (non-hydrogen) atoms. The van der Waals surface area contributed by atoms with Gasteiger partial charge in [0.1, 0.15) is 0 Å². The number of fused-ring (bicyclic) bond motifs is 2. The standard InChI is InChI=1S/C32H36ClN7O2/c1-19-21(9-7-11-23(19)36-32(42)31-35-25-18-38(3)15-13-27(25)40(31)5)22-10-6-8-20(29(22)33)16-28(41)30-34-24-17-37(2)14-12-26(24)39(30)4/h6-11H,12-18H2,1-5H3,(H,36,42). The fourth-order valence-corrected chi connectivity index (χ4v) is 6.48. The summed E-state index contributed by atoms with van der Waals surface area (Å²) in [6.07, 6.45) is 1.90. The molecule has 10 heteroatoms. The predicted octanol–water partition coefficient (Wildman–Crippen LogP) is 4.44. The van der Waals surface area contributed by atoms with Gasteiger partial charge in [-0.15, -0.1) is 0 Å². The van der Waals surface area contributed by atoms with E-state index in [1.807, 2.05) is 66.6 Å². The molecule has 0 radical (unpaired) electrons. The van der Waals surface area contributed by atoms with Gasteiger partial charge in [-0.3, -0.25) is 9.59 Å². The summed E-state index contributed by atoms with van der Waals surface area (Å²) >= 11 is 6.96. The summed E-state index contributed by atoms with van der Waals surface area (Å²) in [4.78, 5) is 40.5. The number of carbonyl (C=O) groups is 2. The number of nitrogens with one attached hydrogen (secondary N) is 1. The summed E-state index contributed by atoms with van der Waals surface area (Å²) in [5.74, 6) is 0.570. The number of anilines is 1. The van der Waals surface area contributed by atoms with Gasteiger partial charge in [-0.25, -0.2) is 9.97 Å². The molecular weight excluding hydrogens is 550 g/mol. The summed E-state index contributed by atoms with van der Waals surface area (Å²) in [5.41, 5.74) is 8.20. The summed E-state index contributed by atoms with van der Waals surface area (Å²) in [5, 5.41) is 3.60. The van der Waals surface area contributed by atoms with Crippen LogP contribution in [0.25, 0.3) is 11.1 Å². The Hall–Kier alpha value is -3.79. The normalized spacial score (nSPS) is 15.4. The largest absolute Gasteiger partial charge is 0.328 e. The highest BCUT2D eigenvalue weighted by molar-refractivity contribution is 6.34. The van der Waals surface area contributed by atoms with Crippen LogP contribution in [0.4, 0.5) is 5.69 Å². The van der Waals surface area contributed by atoms with Gasteiger partial charge in [0.15, 0.2) is 11.6 Å². The Morgan fingerprint density at radius 1 is 0.833 bits per heavy atom. The second-order valence-corrected chi connectivity index (χ2v) is 11.9. The number of Topliss-reactive ketones (excluding diaryl/α,β-unsaturated/α-hetero) is 1. The second-order valence-electron chi connectivity index (χ2n) is 11.6. The predicted molar refractivity (Wildman–Crippen MR) is 164 cm³/mol. The van der Waals surface area contributed by atoms with Gasteiger partial charge in [-0.1, -0.05) is 41.9 Å². The Morgan fingerprint density at radius 2 is 1.40 bits per heavy atom. The third-order valence-corrected chi connectivity index (χ3v) is 9.09. The molecule has 1 N–H and O–H groups in total. The van der Waals surface area contributed by atoms with Crippen LogP contribution in [0.5, 0.6) is 0 Å². The van der Waals surface area contributed by atoms with Gasteiger partial charge in [0.05, 0.1) is 16.4 Å². The van der Waals surface area contributed by atoms with Crippen LogP contribution in [0.1, 0.15) is 55.1 Å². The Labute approximate surface area is 251 Å². The van der Waals surface area contributed by atoms with Crippen molar-refractivity contribution < 1.29 is 9.59 Å². The van der Waals surface area contributed by atoms with Crippen LogP contribution in [-0.4, -0.2) is 67.8 Å². The zero-order valence-corrected chi connectivity index (χ0v) is 25.5. The lowest BCUT2D eigenvalue weighted by atomic mass is 9.96. The molecule has 0 saturated carbocycles. The summed E-state index contributed by atoms with van der Waals surface area (Å²) < 4.78 is 3.85. The van der Waals surface area contributed by atoms with E-state index in [0.717, 1.165) is 84.1 Å². The number of carbonyl (C=O) groups excluding carboxylic acids is 2. The van der Waals surface area contributed by atoms with E-state index in [0.29, 0.717) is 22.4 Å². The van der Waals surface area contributed by atoms with Gasteiger partial charge in [0.2, 0.25) is 5.78 Å². The molecule has 1 amide bonds. The number of benzene rings is 2. The van der Waals surface area contributed by atoms with Crippen LogP contribution >= 0.6 is 11.6 Å². The zero-order chi connectivity index (χ0) is 29.7. The van der Waals surface area contributed by atoms with Gasteiger partial charge in [-0.2, -0.15) is 0 Å². The molecule has 2 aromatic carbocycles. The molecule has 6 rings (SSSR count). The third-order valence-electron chi connectivity index (χ3n) is 8.65. The maximum Gasteiger partial charge on any atom is 0.291 e. The Balaban J connectivity index is 1.25. The lowest BCUT2D eigenvalue weighted by molar-refractivity contribution is 0.0978. The first-order chi connectivity index (χ1) is 20.1. The molecule has 9 nitrogen and oxygen atoms in total. The van der Waals surface area contributed by atoms with Crippen LogP contribution in [-0.2, 0) is 46.4 Å². The van der Waals surface area contributed by atoms with Crippen molar-refractivity contribution in [3.63, 3.8) is 0 Å². The first-order valence-electron chi connectivity index (χ1n) is 14.3. The van der Waals surface area contributed by atoms with Crippen molar-refractivity contribution in [2.75, 3.05) is 32.5 Å². The summed E-state index contributed by atoms with van der Waals surface area (Å²) in [7, 11) is 7.95. The van der Waals surface area contributed by atoms with E-state index in [1.165, 1.54) is 0 Å². The Kier molecular flexibility index (Phi) is 7.51. The number of aromatic nitrogens is 4. The van der Waals surface area contributed by atoms with Crippen molar-refractivity contribution in [3.05, 3.63) is 87.0 Å². The van der Waals surface area contributed by atoms with Crippen molar-refractivity contribution in [1.29, 1.82) is 0 Å². The molecule has 0 spiro atoms. The van der Waals surface area contributed by atoms with E-state index < -0.39 is 0 Å². The van der Waals surface area contributed by atoms with Crippen LogP contribution < -0.4 is 5.32 Å². The average Bonchev–Trinajstić information content (AvgIpc) is 3.46. The maximum atomic E-state index is 13.4. The van der Waals surface area contributed by atoms with Crippen molar-refractivity contribution in [1.82, 2.24) is 28.9 Å². The molecule has 0 bridgehead atoms. The van der Waals surface area contributed by atoms with E-state index in [9.17, 15) is 9.59 Å². The highest BCUT2D eigenvalue weighted by Gasteiger charge is 2.26. The molecule has 4 aromatic rings. The highest BCUT2D eigenvalue weighted by Crippen LogP contribution is 2.36. The van der Waals surface area contributed by atoms with Gasteiger partial charge in [-0.05, 0) is 43.8 Å². The maximum absolute atomic E-state index is 13.4. The highest BCUT2D eigenvalue weighted by atomic mass is 35.5. The number of hydrogen-bond donors (Lipinski definition) is 1. The van der Waals surface area contributed by atoms with E-state index in [4.69, 9.17) is 16.6 Å². The molecular formula is C32H36ClN7O2. The molecule has 0 fully saturated rings. The summed E-state index contributed by atoms with van der Waals surface area (Å²) in [6, 6.07) is 11.5. The Morgan fingerprint density at radius 3 is 2.07 bits per heavy atom. The molecule has 0 atom stereocenters. The smallest absolute Gasteiger partial charge is 0.291 e. The minimum atomic E-state index is -0.246. The van der Waals surface area contributed by atoms with Crippen molar-refractivity contribution >= 4 is 29.0 Å². The molecule has 0 saturated heterocycles. The number of nitrogens with zero attached hydrogens (tertiary/aromatic N) is 6. The molecule has 2 aliphatic heterocycles. The minimum Gasteiger partial charge on any atom is -0.328 e. The van der Waals surface area contributed by atoms with Gasteiger partial charge >= 0.3 is 0 Å². The van der Waals surface area contributed by atoms with Crippen LogP contribution in [0.15, 0.2) is 36.4 Å². The fraction of sp³-hybridized carbons (Fsp3) is 0.375. The molecule has 0 aliphatic carbocycles. The molecule has 4 heterocycles. The van der Waals surface area contributed by atoms with Crippen molar-refractivity contribution in [2.24, 2.45) is 14.1 Å². The topological polar surface area (TPSA) is 88.3 Å². The van der Waals surface area contributed by atoms with E-state index >= 15 is 0 Å². The minimum absolute atomic E-state index is 0.0599. The van der Waals surface area contributed by atoms with Crippen LogP contribution in [0.2, 0.25) is 5.02 Å². The molecule has 2 aliphatic rings. The lowest BCUT2D eigenvalue weighted by Crippen LogP contribution is -2.27. The fourth-order valence-electron chi connectivity index (χ4n) is 6.19. The summed E-state index contributed by atoms with van der Waals surface area (Å²) in [6.45, 7) is 5.35. The number of ketones is 1. The average molecular weight is 586 g/mol. The van der Waals surface area contributed by atoms with E-state index in [-0.39, 0.29) is 18.1 Å². The van der Waals surface area contributed by atoms with Crippen molar-refractivity contribution in [3.8, 4) is 11.1 Å². The molecule has 218 valence electrons. The van der Waals surface area contributed by atoms with E-state index in [1.54, 1.807) is 0 Å². The monoisotopic (exact) mass is 585 g/mol.